The van der Waals surface area contributed by atoms with E-state index in [0.29, 0.717) is 18.8 Å². The van der Waals surface area contributed by atoms with Gasteiger partial charge in [-0.1, -0.05) is 52.3 Å². The molecular weight excluding hydrogens is 288 g/mol. The zero-order valence-electron chi connectivity index (χ0n) is 14.6. The average molecular weight is 316 g/mol. The van der Waals surface area contributed by atoms with E-state index in [4.69, 9.17) is 0 Å². The van der Waals surface area contributed by atoms with Crippen LogP contribution < -0.4 is 0 Å². The fourth-order valence-corrected chi connectivity index (χ4v) is 5.08. The van der Waals surface area contributed by atoms with Gasteiger partial charge in [0.25, 0.3) is 0 Å². The second-order valence-electron chi connectivity index (χ2n) is 8.25. The Bertz CT molecular complexity index is 636. The summed E-state index contributed by atoms with van der Waals surface area (Å²) in [5.74, 6) is -0.673. The van der Waals surface area contributed by atoms with Gasteiger partial charge in [0.1, 0.15) is 0 Å². The molecule has 3 heteroatoms. The number of rotatable bonds is 2. The van der Waals surface area contributed by atoms with E-state index in [-0.39, 0.29) is 11.3 Å². The summed E-state index contributed by atoms with van der Waals surface area (Å²) >= 11 is 0. The monoisotopic (exact) mass is 316 g/mol. The van der Waals surface area contributed by atoms with E-state index in [1.807, 2.05) is 0 Å². The molecule has 2 N–H and O–H groups in total. The summed E-state index contributed by atoms with van der Waals surface area (Å²) in [4.78, 5) is 11.8. The molecule has 1 aromatic carbocycles. The first-order chi connectivity index (χ1) is 10.7. The fourth-order valence-electron chi connectivity index (χ4n) is 5.08. The van der Waals surface area contributed by atoms with Crippen LogP contribution in [-0.4, -0.2) is 16.2 Å². The van der Waals surface area contributed by atoms with Crippen molar-refractivity contribution < 1.29 is 15.0 Å². The molecule has 2 unspecified atom stereocenters. The summed E-state index contributed by atoms with van der Waals surface area (Å²) in [6.07, 6.45) is 2.61. The highest BCUT2D eigenvalue weighted by Gasteiger charge is 2.58. The van der Waals surface area contributed by atoms with Gasteiger partial charge < -0.3 is 10.2 Å². The molecule has 2 aliphatic rings. The van der Waals surface area contributed by atoms with Crippen LogP contribution >= 0.6 is 0 Å². The van der Waals surface area contributed by atoms with Gasteiger partial charge in [0, 0.05) is 0 Å². The van der Waals surface area contributed by atoms with Gasteiger partial charge in [-0.15, -0.1) is 0 Å². The molecule has 0 spiro atoms. The van der Waals surface area contributed by atoms with E-state index in [2.05, 4.69) is 45.9 Å². The first-order valence-corrected chi connectivity index (χ1v) is 8.76. The molecule has 3 rings (SSSR count). The van der Waals surface area contributed by atoms with E-state index in [1.165, 1.54) is 5.56 Å². The van der Waals surface area contributed by atoms with Crippen LogP contribution in [0.15, 0.2) is 18.2 Å². The van der Waals surface area contributed by atoms with Crippen molar-refractivity contribution in [3.8, 4) is 0 Å². The maximum Gasteiger partial charge on any atom is 0.307 e. The lowest BCUT2D eigenvalue weighted by Crippen LogP contribution is -2.55. The minimum Gasteiger partial charge on any atom is -0.481 e. The van der Waals surface area contributed by atoms with Crippen molar-refractivity contribution >= 4 is 5.97 Å². The average Bonchev–Trinajstić information content (AvgIpc) is 2.48. The summed E-state index contributed by atoms with van der Waals surface area (Å²) in [6, 6.07) is 6.44. The van der Waals surface area contributed by atoms with Gasteiger partial charge in [0.2, 0.25) is 0 Å². The Morgan fingerprint density at radius 1 is 1.30 bits per heavy atom. The van der Waals surface area contributed by atoms with Crippen molar-refractivity contribution in [2.45, 2.75) is 70.8 Å². The minimum absolute atomic E-state index is 0.182. The molecule has 2 aliphatic carbocycles. The number of carboxylic acid groups (broad SMARTS) is 1. The second kappa shape index (κ2) is 5.34. The molecule has 0 amide bonds. The lowest BCUT2D eigenvalue weighted by atomic mass is 9.46. The molecule has 0 aliphatic heterocycles. The van der Waals surface area contributed by atoms with Crippen LogP contribution in [0.2, 0.25) is 0 Å². The van der Waals surface area contributed by atoms with Gasteiger partial charge in [-0.05, 0) is 52.7 Å². The number of hydrogen-bond acceptors (Lipinski definition) is 2. The predicted octanol–water partition coefficient (Wildman–Crippen LogP) is 4.40. The third-order valence-electron chi connectivity index (χ3n) is 6.81. The van der Waals surface area contributed by atoms with Gasteiger partial charge in [-0.25, -0.2) is 0 Å². The van der Waals surface area contributed by atoms with Crippen molar-refractivity contribution in [3.05, 3.63) is 34.9 Å². The Morgan fingerprint density at radius 2 is 2.00 bits per heavy atom. The Balaban J connectivity index is 2.17. The van der Waals surface area contributed by atoms with Crippen molar-refractivity contribution in [2.24, 2.45) is 11.3 Å². The third-order valence-corrected chi connectivity index (χ3v) is 6.81. The van der Waals surface area contributed by atoms with Crippen LogP contribution in [0.5, 0.6) is 0 Å². The Hall–Kier alpha value is -1.35. The summed E-state index contributed by atoms with van der Waals surface area (Å²) in [5.41, 5.74) is 2.83. The molecule has 1 aromatic rings. The number of fused-ring (bicyclic) bond motifs is 3. The number of carbonyl (C=O) groups is 1. The standard InChI is InChI=1S/C20H28O3/c1-12(2)13-7-8-15-14(10-13)17(21)11-20(4)16(18(22)23)6-5-9-19(15,20)3/h7-8,10,12,16-17,21H,5-6,9,11H2,1-4H3,(H,22,23)/t16-,17-,19?,20?/m0/s1. The molecule has 1 saturated carbocycles. The van der Waals surface area contributed by atoms with E-state index in [0.717, 1.165) is 24.0 Å². The fraction of sp³-hybridized carbons (Fsp3) is 0.650. The Kier molecular flexibility index (Phi) is 3.83. The predicted molar refractivity (Wildman–Crippen MR) is 90.5 cm³/mol. The number of aliphatic hydroxyl groups excluding tert-OH is 1. The van der Waals surface area contributed by atoms with E-state index in [1.54, 1.807) is 0 Å². The first-order valence-electron chi connectivity index (χ1n) is 8.76. The van der Waals surface area contributed by atoms with Crippen molar-refractivity contribution in [2.75, 3.05) is 0 Å². The lowest BCUT2D eigenvalue weighted by molar-refractivity contribution is -0.155. The maximum absolute atomic E-state index is 11.8. The minimum atomic E-state index is -0.715. The molecule has 23 heavy (non-hydrogen) atoms. The van der Waals surface area contributed by atoms with E-state index >= 15 is 0 Å². The molecule has 0 saturated heterocycles. The number of aliphatic carboxylic acids is 1. The Morgan fingerprint density at radius 3 is 2.61 bits per heavy atom. The highest BCUT2D eigenvalue weighted by atomic mass is 16.4. The maximum atomic E-state index is 11.8. The van der Waals surface area contributed by atoms with Crippen molar-refractivity contribution in [3.63, 3.8) is 0 Å². The normalized spacial score (nSPS) is 36.4. The smallest absolute Gasteiger partial charge is 0.307 e. The number of carboxylic acids is 1. The van der Waals surface area contributed by atoms with Crippen LogP contribution in [0.4, 0.5) is 0 Å². The highest BCUT2D eigenvalue weighted by Crippen LogP contribution is 2.62. The van der Waals surface area contributed by atoms with Gasteiger partial charge in [-0.2, -0.15) is 0 Å². The van der Waals surface area contributed by atoms with Gasteiger partial charge in [0.15, 0.2) is 0 Å². The zero-order valence-corrected chi connectivity index (χ0v) is 14.6. The summed E-state index contributed by atoms with van der Waals surface area (Å²) in [5, 5.41) is 20.5. The van der Waals surface area contributed by atoms with Crippen LogP contribution in [0.25, 0.3) is 0 Å². The number of hydrogen-bond donors (Lipinski definition) is 2. The molecule has 0 bridgehead atoms. The van der Waals surface area contributed by atoms with Crippen LogP contribution in [0.1, 0.15) is 82.1 Å². The van der Waals surface area contributed by atoms with Crippen molar-refractivity contribution in [1.82, 2.24) is 0 Å². The quantitative estimate of drug-likeness (QED) is 0.850. The lowest BCUT2D eigenvalue weighted by Gasteiger charge is -2.58. The Labute approximate surface area is 138 Å². The first kappa shape index (κ1) is 16.5. The highest BCUT2D eigenvalue weighted by molar-refractivity contribution is 5.72. The summed E-state index contributed by atoms with van der Waals surface area (Å²) < 4.78 is 0. The van der Waals surface area contributed by atoms with E-state index < -0.39 is 17.5 Å². The van der Waals surface area contributed by atoms with Crippen LogP contribution in [-0.2, 0) is 10.2 Å². The van der Waals surface area contributed by atoms with Crippen molar-refractivity contribution in [1.29, 1.82) is 0 Å². The third kappa shape index (κ3) is 2.24. The molecule has 1 fully saturated rings. The SMILES string of the molecule is CC(C)c1ccc2c(c1)[C@@H](O)CC1(C)[C@H](C(=O)O)CCCC21C. The molecular formula is C20H28O3. The number of benzene rings is 1. The summed E-state index contributed by atoms with van der Waals surface area (Å²) in [6.45, 7) is 8.60. The molecule has 126 valence electrons. The van der Waals surface area contributed by atoms with Crippen LogP contribution in [0, 0.1) is 11.3 Å². The van der Waals surface area contributed by atoms with E-state index in [9.17, 15) is 15.0 Å². The zero-order chi connectivity index (χ0) is 17.0. The largest absolute Gasteiger partial charge is 0.481 e. The molecule has 0 aromatic heterocycles. The van der Waals surface area contributed by atoms with Gasteiger partial charge in [0.05, 0.1) is 12.0 Å². The topological polar surface area (TPSA) is 57.5 Å². The summed E-state index contributed by atoms with van der Waals surface area (Å²) in [7, 11) is 0. The molecule has 3 nitrogen and oxygen atoms in total. The molecule has 0 heterocycles. The second-order valence-corrected chi connectivity index (χ2v) is 8.25. The van der Waals surface area contributed by atoms with Gasteiger partial charge in [-0.3, -0.25) is 4.79 Å². The molecule has 4 atom stereocenters. The van der Waals surface area contributed by atoms with Gasteiger partial charge >= 0.3 is 5.97 Å². The van der Waals surface area contributed by atoms with Crippen LogP contribution in [0.3, 0.4) is 0 Å². The molecule has 0 radical (unpaired) electrons. The number of aliphatic hydroxyl groups is 1.